The van der Waals surface area contributed by atoms with Gasteiger partial charge >= 0.3 is 0 Å². The maximum Gasteiger partial charge on any atom is 0.245 e. The summed E-state index contributed by atoms with van der Waals surface area (Å²) in [6, 6.07) is 12.5. The van der Waals surface area contributed by atoms with Gasteiger partial charge in [-0.25, -0.2) is 8.42 Å². The van der Waals surface area contributed by atoms with Crippen LogP contribution in [-0.4, -0.2) is 61.2 Å². The summed E-state index contributed by atoms with van der Waals surface area (Å²) < 4.78 is 34.0. The number of fused-ring (bicyclic) bond motifs is 1. The van der Waals surface area contributed by atoms with Crippen LogP contribution in [0.5, 0.6) is 5.88 Å². The molecule has 9 heteroatoms. The Morgan fingerprint density at radius 2 is 1.93 bits per heavy atom. The van der Waals surface area contributed by atoms with E-state index in [2.05, 4.69) is 15.2 Å². The van der Waals surface area contributed by atoms with E-state index in [4.69, 9.17) is 4.74 Å². The van der Waals surface area contributed by atoms with E-state index >= 15 is 0 Å². The molecule has 1 aliphatic rings. The van der Waals surface area contributed by atoms with Gasteiger partial charge in [0.1, 0.15) is 11.0 Å². The summed E-state index contributed by atoms with van der Waals surface area (Å²) >= 11 is 0. The minimum absolute atomic E-state index is 0.228. The van der Waals surface area contributed by atoms with Crippen LogP contribution in [0.2, 0.25) is 0 Å². The highest BCUT2D eigenvalue weighted by molar-refractivity contribution is 7.89. The van der Waals surface area contributed by atoms with Gasteiger partial charge in [-0.2, -0.15) is 4.31 Å². The van der Waals surface area contributed by atoms with Crippen LogP contribution >= 0.6 is 0 Å². The summed E-state index contributed by atoms with van der Waals surface area (Å²) in [5.74, 6) is 1.13. The second-order valence-corrected chi connectivity index (χ2v) is 9.11. The first kappa shape index (κ1) is 19.5. The van der Waals surface area contributed by atoms with Gasteiger partial charge in [0, 0.05) is 38.3 Å². The van der Waals surface area contributed by atoms with Crippen LogP contribution in [0.15, 0.2) is 53.6 Å². The lowest BCUT2D eigenvalue weighted by atomic mass is 10.1. The van der Waals surface area contributed by atoms with Crippen molar-refractivity contribution >= 4 is 26.7 Å². The average Bonchev–Trinajstić information content (AvgIpc) is 2.74. The van der Waals surface area contributed by atoms with E-state index < -0.39 is 10.0 Å². The van der Waals surface area contributed by atoms with Gasteiger partial charge in [0.15, 0.2) is 5.82 Å². The van der Waals surface area contributed by atoms with Gasteiger partial charge < -0.3 is 9.64 Å². The van der Waals surface area contributed by atoms with Crippen molar-refractivity contribution in [2.45, 2.75) is 23.8 Å². The van der Waals surface area contributed by atoms with Crippen molar-refractivity contribution in [3.63, 3.8) is 0 Å². The number of hydrogen-bond donors (Lipinski definition) is 0. The van der Waals surface area contributed by atoms with E-state index in [1.54, 1.807) is 30.5 Å². The van der Waals surface area contributed by atoms with Crippen LogP contribution in [-0.2, 0) is 10.0 Å². The van der Waals surface area contributed by atoms with E-state index in [1.165, 1.54) is 4.31 Å². The molecule has 4 rings (SSSR count). The van der Waals surface area contributed by atoms with Gasteiger partial charge in [-0.3, -0.25) is 4.98 Å². The number of rotatable bonds is 5. The maximum absolute atomic E-state index is 13.3. The first-order valence-electron chi connectivity index (χ1n) is 9.47. The second-order valence-electron chi connectivity index (χ2n) is 7.20. The Kier molecular flexibility index (Phi) is 5.33. The molecule has 1 fully saturated rings. The Bertz CT molecular complexity index is 1100. The molecule has 3 heterocycles. The molecule has 1 aliphatic heterocycles. The van der Waals surface area contributed by atoms with Crippen LogP contribution < -0.4 is 9.64 Å². The van der Waals surface area contributed by atoms with Crippen LogP contribution in [0.1, 0.15) is 12.8 Å². The van der Waals surface area contributed by atoms with Gasteiger partial charge in [-0.1, -0.05) is 18.2 Å². The third-order valence-electron chi connectivity index (χ3n) is 4.93. The van der Waals surface area contributed by atoms with Crippen LogP contribution in [0.3, 0.4) is 0 Å². The molecule has 1 saturated heterocycles. The van der Waals surface area contributed by atoms with Crippen molar-refractivity contribution in [2.75, 3.05) is 32.1 Å². The third kappa shape index (κ3) is 4.01. The standard InChI is InChI=1S/C20H23N5O3S/c1-24(2)18-10-11-19(23-22-18)28-16-8-5-13-25(14-16)29(26,27)17-9-3-6-15-7-4-12-21-20(15)17/h3-4,6-7,9-12,16H,5,8,13-14H2,1-2H3. The SMILES string of the molecule is CN(C)c1ccc(OC2CCCN(S(=O)(=O)c3cccc4cccnc34)C2)nn1. The minimum Gasteiger partial charge on any atom is -0.472 e. The first-order chi connectivity index (χ1) is 13.9. The second kappa shape index (κ2) is 7.92. The van der Waals surface area contributed by atoms with E-state index in [1.807, 2.05) is 37.2 Å². The number of pyridine rings is 1. The molecule has 1 atom stereocenters. The highest BCUT2D eigenvalue weighted by atomic mass is 32.2. The van der Waals surface area contributed by atoms with Crippen LogP contribution in [0.25, 0.3) is 10.9 Å². The van der Waals surface area contributed by atoms with Crippen LogP contribution in [0.4, 0.5) is 5.82 Å². The van der Waals surface area contributed by atoms with Gasteiger partial charge in [0.2, 0.25) is 15.9 Å². The Balaban J connectivity index is 1.54. The van der Waals surface area contributed by atoms with E-state index in [0.717, 1.165) is 17.6 Å². The lowest BCUT2D eigenvalue weighted by molar-refractivity contribution is 0.123. The summed E-state index contributed by atoms with van der Waals surface area (Å²) in [5, 5.41) is 8.99. The summed E-state index contributed by atoms with van der Waals surface area (Å²) in [7, 11) is 0.0873. The maximum atomic E-state index is 13.3. The van der Waals surface area contributed by atoms with E-state index in [0.29, 0.717) is 24.4 Å². The average molecular weight is 414 g/mol. The molecular weight excluding hydrogens is 390 g/mol. The zero-order chi connectivity index (χ0) is 20.4. The largest absolute Gasteiger partial charge is 0.472 e. The highest BCUT2D eigenvalue weighted by Crippen LogP contribution is 2.27. The number of sulfonamides is 1. The summed E-state index contributed by atoms with van der Waals surface area (Å²) in [4.78, 5) is 6.37. The number of nitrogens with zero attached hydrogens (tertiary/aromatic N) is 5. The number of anilines is 1. The Morgan fingerprint density at radius 1 is 1.10 bits per heavy atom. The third-order valence-corrected chi connectivity index (χ3v) is 6.82. The van der Waals surface area contributed by atoms with Crippen molar-refractivity contribution < 1.29 is 13.2 Å². The predicted molar refractivity (Wildman–Crippen MR) is 111 cm³/mol. The fourth-order valence-electron chi connectivity index (χ4n) is 3.43. The van der Waals surface area contributed by atoms with Gasteiger partial charge in [-0.05, 0) is 31.0 Å². The number of hydrogen-bond acceptors (Lipinski definition) is 7. The number of ether oxygens (including phenoxy) is 1. The molecule has 1 aromatic carbocycles. The summed E-state index contributed by atoms with van der Waals surface area (Å²) in [6.07, 6.45) is 2.81. The molecule has 1 unspecified atom stereocenters. The lowest BCUT2D eigenvalue weighted by Gasteiger charge is -2.31. The van der Waals surface area contributed by atoms with Gasteiger partial charge in [0.05, 0.1) is 12.1 Å². The molecular formula is C20H23N5O3S. The predicted octanol–water partition coefficient (Wildman–Crippen LogP) is 2.32. The topological polar surface area (TPSA) is 88.5 Å². The molecule has 0 aliphatic carbocycles. The van der Waals surface area contributed by atoms with Crippen LogP contribution in [0, 0.1) is 0 Å². The molecule has 152 valence electrons. The van der Waals surface area contributed by atoms with E-state index in [-0.39, 0.29) is 17.5 Å². The van der Waals surface area contributed by atoms with Crippen molar-refractivity contribution in [3.05, 3.63) is 48.7 Å². The molecule has 0 radical (unpaired) electrons. The number of aromatic nitrogens is 3. The summed E-state index contributed by atoms with van der Waals surface area (Å²) in [5.41, 5.74) is 0.489. The van der Waals surface area contributed by atoms with Crippen molar-refractivity contribution in [1.82, 2.24) is 19.5 Å². The Morgan fingerprint density at radius 3 is 2.69 bits per heavy atom. The fourth-order valence-corrected chi connectivity index (χ4v) is 5.10. The minimum atomic E-state index is -3.68. The summed E-state index contributed by atoms with van der Waals surface area (Å²) in [6.45, 7) is 0.722. The zero-order valence-electron chi connectivity index (χ0n) is 16.4. The zero-order valence-corrected chi connectivity index (χ0v) is 17.2. The van der Waals surface area contributed by atoms with Crippen molar-refractivity contribution in [2.24, 2.45) is 0 Å². The molecule has 0 N–H and O–H groups in total. The Hall–Kier alpha value is -2.78. The smallest absolute Gasteiger partial charge is 0.245 e. The quantitative estimate of drug-likeness (QED) is 0.634. The molecule has 0 spiro atoms. The molecule has 29 heavy (non-hydrogen) atoms. The highest BCUT2D eigenvalue weighted by Gasteiger charge is 2.32. The molecule has 0 bridgehead atoms. The molecule has 0 saturated carbocycles. The first-order valence-corrected chi connectivity index (χ1v) is 10.9. The number of para-hydroxylation sites is 1. The van der Waals surface area contributed by atoms with E-state index in [9.17, 15) is 8.42 Å². The molecule has 2 aromatic heterocycles. The lowest BCUT2D eigenvalue weighted by Crippen LogP contribution is -2.44. The number of piperidine rings is 1. The normalized spacial score (nSPS) is 17.9. The monoisotopic (exact) mass is 413 g/mol. The fraction of sp³-hybridized carbons (Fsp3) is 0.350. The van der Waals surface area contributed by atoms with Crippen molar-refractivity contribution in [1.29, 1.82) is 0 Å². The number of benzene rings is 1. The van der Waals surface area contributed by atoms with Gasteiger partial charge in [0.25, 0.3) is 0 Å². The molecule has 0 amide bonds. The molecule has 3 aromatic rings. The van der Waals surface area contributed by atoms with Crippen molar-refractivity contribution in [3.8, 4) is 5.88 Å². The molecule has 8 nitrogen and oxygen atoms in total. The Labute approximate surface area is 170 Å². The van der Waals surface area contributed by atoms with Gasteiger partial charge in [-0.15, -0.1) is 10.2 Å².